The molecule has 38 heavy (non-hydrogen) atoms. The van der Waals surface area contributed by atoms with Crippen LogP contribution in [-0.4, -0.2) is 47.2 Å². The number of aromatic amines is 1. The lowest BCUT2D eigenvalue weighted by molar-refractivity contribution is -0.141. The van der Waals surface area contributed by atoms with Gasteiger partial charge < -0.3 is 15.0 Å². The summed E-state index contributed by atoms with van der Waals surface area (Å²) in [6.45, 7) is 0.0970. The molecule has 0 radical (unpaired) electrons. The minimum atomic E-state index is -4.60. The summed E-state index contributed by atoms with van der Waals surface area (Å²) in [6, 6.07) is 8.75. The third-order valence-electron chi connectivity index (χ3n) is 8.10. The Morgan fingerprint density at radius 2 is 1.97 bits per heavy atom. The van der Waals surface area contributed by atoms with Crippen LogP contribution in [0.4, 0.5) is 13.2 Å². The van der Waals surface area contributed by atoms with E-state index in [0.29, 0.717) is 28.9 Å². The molecule has 2 fully saturated rings. The number of aryl methyl sites for hydroxylation is 1. The van der Waals surface area contributed by atoms with E-state index in [2.05, 4.69) is 30.7 Å². The molecule has 2 aliphatic carbocycles. The molecule has 200 valence electrons. The van der Waals surface area contributed by atoms with Crippen molar-refractivity contribution in [3.63, 3.8) is 0 Å². The fourth-order valence-electron chi connectivity index (χ4n) is 5.84. The van der Waals surface area contributed by atoms with E-state index in [1.165, 1.54) is 6.42 Å². The predicted octanol–water partition coefficient (Wildman–Crippen LogP) is 4.71. The second-order valence-electron chi connectivity index (χ2n) is 10.5. The summed E-state index contributed by atoms with van der Waals surface area (Å²) in [6.07, 6.45) is 2.29. The Kier molecular flexibility index (Phi) is 6.43. The Balaban J connectivity index is 1.40. The molecule has 3 heterocycles. The molecule has 3 unspecified atom stereocenters. The number of aliphatic hydroxyl groups is 1. The Labute approximate surface area is 217 Å². The van der Waals surface area contributed by atoms with Crippen LogP contribution in [-0.2, 0) is 19.8 Å². The molecule has 4 aromatic rings. The van der Waals surface area contributed by atoms with E-state index in [1.54, 1.807) is 6.33 Å². The van der Waals surface area contributed by atoms with Crippen LogP contribution in [0.15, 0.2) is 36.7 Å². The van der Waals surface area contributed by atoms with E-state index in [4.69, 9.17) is 0 Å². The van der Waals surface area contributed by atoms with Gasteiger partial charge in [-0.05, 0) is 55.7 Å². The van der Waals surface area contributed by atoms with Crippen LogP contribution in [0.25, 0.3) is 22.2 Å². The number of hydrogen-bond acceptors (Lipinski definition) is 6. The number of H-pyrrole nitrogens is 1. The third kappa shape index (κ3) is 4.58. The molecular weight excluding hydrogens is 495 g/mol. The number of aliphatic hydroxyl groups excluding tert-OH is 1. The van der Waals surface area contributed by atoms with Crippen molar-refractivity contribution in [1.82, 2.24) is 35.3 Å². The zero-order chi connectivity index (χ0) is 26.4. The Bertz CT molecular complexity index is 1440. The lowest BCUT2D eigenvalue weighted by Crippen LogP contribution is -2.35. The number of alkyl halides is 3. The minimum absolute atomic E-state index is 0.0476. The standard InChI is InChI=1S/C27H30F3N7O/c1-37-14-32-36-26(37)23(15-5-2-6-15)16-7-3-8-17(11-16)24-18-12-22(27(28,29)30)33-20(25(18)35-34-24)13-31-19-9-4-10-21(19)38/h3,7-8,11-12,14-15,19,21,23,31,38H,2,4-6,9-10,13H2,1H3,(H,34,35). The number of nitrogens with one attached hydrogen (secondary N) is 2. The number of benzene rings is 1. The van der Waals surface area contributed by atoms with Crippen LogP contribution in [0.3, 0.4) is 0 Å². The maximum atomic E-state index is 13.9. The van der Waals surface area contributed by atoms with Crippen LogP contribution in [0.5, 0.6) is 0 Å². The van der Waals surface area contributed by atoms with Gasteiger partial charge in [0.05, 0.1) is 17.3 Å². The first-order valence-corrected chi connectivity index (χ1v) is 13.1. The van der Waals surface area contributed by atoms with Crippen LogP contribution in [0.2, 0.25) is 0 Å². The van der Waals surface area contributed by atoms with E-state index < -0.39 is 18.0 Å². The first-order valence-electron chi connectivity index (χ1n) is 13.1. The maximum absolute atomic E-state index is 13.9. The van der Waals surface area contributed by atoms with Crippen molar-refractivity contribution in [3.8, 4) is 11.3 Å². The summed E-state index contributed by atoms with van der Waals surface area (Å²) in [5, 5.41) is 29.6. The van der Waals surface area contributed by atoms with Crippen LogP contribution in [0.1, 0.15) is 67.2 Å². The number of aromatic nitrogens is 6. The molecule has 2 aliphatic rings. The summed E-state index contributed by atoms with van der Waals surface area (Å²) in [7, 11) is 1.93. The molecule has 0 aliphatic heterocycles. The van der Waals surface area contributed by atoms with Crippen LogP contribution >= 0.6 is 0 Å². The summed E-state index contributed by atoms with van der Waals surface area (Å²) in [5.74, 6) is 1.37. The number of hydrogen-bond donors (Lipinski definition) is 3. The highest BCUT2D eigenvalue weighted by atomic mass is 19.4. The van der Waals surface area contributed by atoms with Crippen molar-refractivity contribution < 1.29 is 18.3 Å². The molecular formula is C27H30F3N7O. The van der Waals surface area contributed by atoms with Crippen molar-refractivity contribution in [1.29, 1.82) is 0 Å². The molecule has 2 saturated carbocycles. The smallest absolute Gasteiger partial charge is 0.392 e. The Hall–Kier alpha value is -3.31. The zero-order valence-electron chi connectivity index (χ0n) is 21.0. The average Bonchev–Trinajstić information content (AvgIpc) is 3.59. The van der Waals surface area contributed by atoms with E-state index in [1.807, 2.05) is 35.9 Å². The van der Waals surface area contributed by atoms with E-state index in [-0.39, 0.29) is 24.2 Å². The fraction of sp³-hybridized carbons (Fsp3) is 0.481. The van der Waals surface area contributed by atoms with Crippen molar-refractivity contribution in [2.45, 2.75) is 69.3 Å². The van der Waals surface area contributed by atoms with Crippen molar-refractivity contribution in [2.24, 2.45) is 13.0 Å². The fourth-order valence-corrected chi connectivity index (χ4v) is 5.84. The highest BCUT2D eigenvalue weighted by Crippen LogP contribution is 2.43. The number of nitrogens with zero attached hydrogens (tertiary/aromatic N) is 5. The topological polar surface area (TPSA) is 105 Å². The van der Waals surface area contributed by atoms with Crippen molar-refractivity contribution in [3.05, 3.63) is 59.4 Å². The number of pyridine rings is 1. The maximum Gasteiger partial charge on any atom is 0.433 e. The first-order chi connectivity index (χ1) is 18.3. The Morgan fingerprint density at radius 3 is 2.63 bits per heavy atom. The van der Waals surface area contributed by atoms with Gasteiger partial charge in [0.25, 0.3) is 0 Å². The minimum Gasteiger partial charge on any atom is -0.392 e. The van der Waals surface area contributed by atoms with Gasteiger partial charge >= 0.3 is 6.18 Å². The summed E-state index contributed by atoms with van der Waals surface area (Å²) < 4.78 is 43.5. The summed E-state index contributed by atoms with van der Waals surface area (Å²) in [4.78, 5) is 3.94. The molecule has 8 nitrogen and oxygen atoms in total. The first kappa shape index (κ1) is 25.0. The summed E-state index contributed by atoms with van der Waals surface area (Å²) in [5.41, 5.74) is 1.95. The van der Waals surface area contributed by atoms with E-state index in [9.17, 15) is 18.3 Å². The second-order valence-corrected chi connectivity index (χ2v) is 10.5. The molecule has 0 amide bonds. The van der Waals surface area contributed by atoms with Gasteiger partial charge in [-0.25, -0.2) is 4.98 Å². The molecule has 11 heteroatoms. The predicted molar refractivity (Wildman–Crippen MR) is 135 cm³/mol. The normalized spacial score (nSPS) is 21.2. The number of rotatable bonds is 7. The largest absolute Gasteiger partial charge is 0.433 e. The van der Waals surface area contributed by atoms with Gasteiger partial charge in [0.2, 0.25) is 0 Å². The average molecular weight is 526 g/mol. The van der Waals surface area contributed by atoms with Gasteiger partial charge in [-0.1, -0.05) is 24.6 Å². The molecule has 6 rings (SSSR count). The molecule has 0 bridgehead atoms. The quantitative estimate of drug-likeness (QED) is 0.323. The number of halogens is 3. The molecule has 3 atom stereocenters. The lowest BCUT2D eigenvalue weighted by Gasteiger charge is -2.33. The summed E-state index contributed by atoms with van der Waals surface area (Å²) >= 11 is 0. The van der Waals surface area contributed by atoms with Gasteiger partial charge in [0.1, 0.15) is 23.5 Å². The molecule has 0 saturated heterocycles. The van der Waals surface area contributed by atoms with Gasteiger partial charge in [-0.15, -0.1) is 10.2 Å². The Morgan fingerprint density at radius 1 is 1.16 bits per heavy atom. The molecule has 3 aromatic heterocycles. The third-order valence-corrected chi connectivity index (χ3v) is 8.10. The van der Waals surface area contributed by atoms with Gasteiger partial charge in [0, 0.05) is 36.5 Å². The van der Waals surface area contributed by atoms with Gasteiger partial charge in [-0.2, -0.15) is 18.3 Å². The van der Waals surface area contributed by atoms with Crippen molar-refractivity contribution >= 4 is 10.9 Å². The molecule has 3 N–H and O–H groups in total. The number of fused-ring (bicyclic) bond motifs is 1. The van der Waals surface area contributed by atoms with Crippen LogP contribution < -0.4 is 5.32 Å². The monoisotopic (exact) mass is 525 g/mol. The van der Waals surface area contributed by atoms with Crippen LogP contribution in [0, 0.1) is 5.92 Å². The highest BCUT2D eigenvalue weighted by Gasteiger charge is 2.35. The van der Waals surface area contributed by atoms with E-state index in [0.717, 1.165) is 48.7 Å². The SMILES string of the molecule is Cn1cnnc1C(c1cccc(-c2n[nH]c3c(CNC4CCCC4O)nc(C(F)(F)F)cc23)c1)C1CCC1. The van der Waals surface area contributed by atoms with Gasteiger partial charge in [-0.3, -0.25) is 5.10 Å². The second kappa shape index (κ2) is 9.77. The highest BCUT2D eigenvalue weighted by molar-refractivity contribution is 5.94. The van der Waals surface area contributed by atoms with Gasteiger partial charge in [0.15, 0.2) is 0 Å². The molecule has 1 aromatic carbocycles. The van der Waals surface area contributed by atoms with E-state index >= 15 is 0 Å². The zero-order valence-corrected chi connectivity index (χ0v) is 21.0. The lowest BCUT2D eigenvalue weighted by atomic mass is 9.72. The van der Waals surface area contributed by atoms with Crippen molar-refractivity contribution in [2.75, 3.05) is 0 Å². The molecule has 0 spiro atoms.